The fourth-order valence-corrected chi connectivity index (χ4v) is 4.07. The monoisotopic (exact) mass is 482 g/mol. The van der Waals surface area contributed by atoms with Crippen LogP contribution in [0.4, 0.5) is 15.8 Å². The van der Waals surface area contributed by atoms with E-state index in [1.54, 1.807) is 18.2 Å². The Kier molecular flexibility index (Phi) is 7.04. The highest BCUT2D eigenvalue weighted by Gasteiger charge is 2.17. The molecule has 0 aliphatic rings. The number of amides is 1. The van der Waals surface area contributed by atoms with Crippen molar-refractivity contribution in [2.75, 3.05) is 16.6 Å². The third kappa shape index (κ3) is 6.10. The number of sulfonamides is 1. The van der Waals surface area contributed by atoms with Crippen LogP contribution in [0.1, 0.15) is 5.56 Å². The molecule has 31 heavy (non-hydrogen) atoms. The number of anilines is 2. The number of hydrogen-bond acceptors (Lipinski definition) is 4. The van der Waals surface area contributed by atoms with Crippen molar-refractivity contribution < 1.29 is 22.3 Å². The van der Waals surface area contributed by atoms with Gasteiger partial charge in [-0.2, -0.15) is 0 Å². The van der Waals surface area contributed by atoms with E-state index < -0.39 is 21.7 Å². The zero-order chi connectivity index (χ0) is 22.6. The SMILES string of the molecule is Cc1ccc(NC(=O)COc2ccc(S(=O)(=O)Nc3ccc(F)cc3)cc2Cl)cc1Cl. The molecule has 0 radical (unpaired) electrons. The molecular formula is C21H17Cl2FN2O4S. The highest BCUT2D eigenvalue weighted by molar-refractivity contribution is 7.92. The summed E-state index contributed by atoms with van der Waals surface area (Å²) in [6, 6.07) is 13.8. The third-order valence-electron chi connectivity index (χ3n) is 4.12. The zero-order valence-electron chi connectivity index (χ0n) is 16.2. The van der Waals surface area contributed by atoms with E-state index in [0.717, 1.165) is 17.7 Å². The van der Waals surface area contributed by atoms with Gasteiger partial charge in [0, 0.05) is 16.4 Å². The molecule has 162 valence electrons. The number of hydrogen-bond donors (Lipinski definition) is 2. The molecule has 2 N–H and O–H groups in total. The summed E-state index contributed by atoms with van der Waals surface area (Å²) < 4.78 is 45.7. The van der Waals surface area contributed by atoms with Crippen LogP contribution in [0, 0.1) is 12.7 Å². The first-order valence-corrected chi connectivity index (χ1v) is 11.1. The Morgan fingerprint density at radius 2 is 1.65 bits per heavy atom. The van der Waals surface area contributed by atoms with Crippen molar-refractivity contribution in [3.8, 4) is 5.75 Å². The van der Waals surface area contributed by atoms with Crippen LogP contribution in [0.25, 0.3) is 0 Å². The number of rotatable bonds is 7. The lowest BCUT2D eigenvalue weighted by Gasteiger charge is -2.12. The molecule has 0 aliphatic heterocycles. The van der Waals surface area contributed by atoms with E-state index >= 15 is 0 Å². The molecule has 0 saturated heterocycles. The number of carbonyl (C=O) groups is 1. The third-order valence-corrected chi connectivity index (χ3v) is 6.21. The minimum Gasteiger partial charge on any atom is -0.482 e. The standard InChI is InChI=1S/C21H17Cl2FN2O4S/c1-13-2-5-16(10-18(13)22)25-21(27)12-30-20-9-8-17(11-19(20)23)31(28,29)26-15-6-3-14(24)4-7-15/h2-11,26H,12H2,1H3,(H,25,27). The van der Waals surface area contributed by atoms with Crippen LogP contribution < -0.4 is 14.8 Å². The van der Waals surface area contributed by atoms with Gasteiger partial charge in [-0.15, -0.1) is 0 Å². The maximum absolute atomic E-state index is 13.0. The largest absolute Gasteiger partial charge is 0.482 e. The smallest absolute Gasteiger partial charge is 0.262 e. The normalized spacial score (nSPS) is 11.1. The van der Waals surface area contributed by atoms with Crippen LogP contribution in [0.5, 0.6) is 5.75 Å². The fourth-order valence-electron chi connectivity index (χ4n) is 2.51. The second-order valence-electron chi connectivity index (χ2n) is 6.51. The Morgan fingerprint density at radius 3 is 2.29 bits per heavy atom. The number of aryl methyl sites for hydroxylation is 1. The van der Waals surface area contributed by atoms with Gasteiger partial charge < -0.3 is 10.1 Å². The van der Waals surface area contributed by atoms with Crippen LogP contribution in [-0.2, 0) is 14.8 Å². The van der Waals surface area contributed by atoms with Crippen molar-refractivity contribution in [1.82, 2.24) is 0 Å². The molecule has 3 rings (SSSR count). The molecular weight excluding hydrogens is 466 g/mol. The van der Waals surface area contributed by atoms with Crippen molar-refractivity contribution in [3.05, 3.63) is 82.1 Å². The van der Waals surface area contributed by atoms with Gasteiger partial charge in [0.25, 0.3) is 15.9 Å². The molecule has 10 heteroatoms. The van der Waals surface area contributed by atoms with E-state index in [-0.39, 0.29) is 28.0 Å². The molecule has 0 aromatic heterocycles. The predicted octanol–water partition coefficient (Wildman–Crippen LogP) is 5.26. The van der Waals surface area contributed by atoms with Crippen molar-refractivity contribution in [3.63, 3.8) is 0 Å². The van der Waals surface area contributed by atoms with Crippen LogP contribution in [0.2, 0.25) is 10.0 Å². The maximum Gasteiger partial charge on any atom is 0.262 e. The summed E-state index contributed by atoms with van der Waals surface area (Å²) in [4.78, 5) is 12.0. The highest BCUT2D eigenvalue weighted by Crippen LogP contribution is 2.28. The quantitative estimate of drug-likeness (QED) is 0.480. The lowest BCUT2D eigenvalue weighted by molar-refractivity contribution is -0.118. The Balaban J connectivity index is 1.64. The molecule has 0 aliphatic carbocycles. The van der Waals surface area contributed by atoms with Crippen LogP contribution in [0.15, 0.2) is 65.6 Å². The molecule has 0 unspecified atom stereocenters. The average Bonchev–Trinajstić information content (AvgIpc) is 2.71. The maximum atomic E-state index is 13.0. The van der Waals surface area contributed by atoms with Crippen molar-refractivity contribution in [2.45, 2.75) is 11.8 Å². The first-order chi connectivity index (χ1) is 14.6. The number of halogens is 3. The fraction of sp³-hybridized carbons (Fsp3) is 0.0952. The number of benzene rings is 3. The Labute approximate surface area is 189 Å². The molecule has 0 fully saturated rings. The van der Waals surface area contributed by atoms with E-state index in [9.17, 15) is 17.6 Å². The Hall–Kier alpha value is -2.81. The molecule has 0 atom stereocenters. The molecule has 0 bridgehead atoms. The summed E-state index contributed by atoms with van der Waals surface area (Å²) in [5.74, 6) is -0.785. The summed E-state index contributed by atoms with van der Waals surface area (Å²) >= 11 is 12.2. The highest BCUT2D eigenvalue weighted by atomic mass is 35.5. The molecule has 3 aromatic carbocycles. The summed E-state index contributed by atoms with van der Waals surface area (Å²) in [5.41, 5.74) is 1.60. The van der Waals surface area contributed by atoms with Gasteiger partial charge in [-0.3, -0.25) is 9.52 Å². The summed E-state index contributed by atoms with van der Waals surface area (Å²) in [6.45, 7) is 1.50. The van der Waals surface area contributed by atoms with Crippen molar-refractivity contribution in [2.24, 2.45) is 0 Å². The Bertz CT molecular complexity index is 1220. The van der Waals surface area contributed by atoms with Gasteiger partial charge in [0.1, 0.15) is 11.6 Å². The predicted molar refractivity (Wildman–Crippen MR) is 119 cm³/mol. The van der Waals surface area contributed by atoms with Gasteiger partial charge in [0.2, 0.25) is 0 Å². The lowest BCUT2D eigenvalue weighted by atomic mass is 10.2. The average molecular weight is 483 g/mol. The zero-order valence-corrected chi connectivity index (χ0v) is 18.5. The van der Waals surface area contributed by atoms with Crippen molar-refractivity contribution >= 4 is 50.5 Å². The van der Waals surface area contributed by atoms with E-state index in [4.69, 9.17) is 27.9 Å². The summed E-state index contributed by atoms with van der Waals surface area (Å²) in [6.07, 6.45) is 0. The van der Waals surface area contributed by atoms with E-state index in [1.807, 2.05) is 6.92 Å². The lowest BCUT2D eigenvalue weighted by Crippen LogP contribution is -2.20. The summed E-state index contributed by atoms with van der Waals surface area (Å²) in [7, 11) is -3.95. The molecule has 3 aromatic rings. The van der Waals surface area contributed by atoms with Crippen LogP contribution in [0.3, 0.4) is 0 Å². The van der Waals surface area contributed by atoms with Gasteiger partial charge in [-0.1, -0.05) is 29.3 Å². The summed E-state index contributed by atoms with van der Waals surface area (Å²) in [5, 5.41) is 3.17. The topological polar surface area (TPSA) is 84.5 Å². The number of ether oxygens (including phenoxy) is 1. The van der Waals surface area contributed by atoms with Gasteiger partial charge in [-0.25, -0.2) is 12.8 Å². The van der Waals surface area contributed by atoms with Crippen LogP contribution >= 0.6 is 23.2 Å². The molecule has 0 heterocycles. The minimum absolute atomic E-state index is 0.00756. The van der Waals surface area contributed by atoms with E-state index in [0.29, 0.717) is 10.7 Å². The minimum atomic E-state index is -3.95. The first kappa shape index (κ1) is 22.9. The molecule has 1 amide bonds. The molecule has 0 spiro atoms. The van der Waals surface area contributed by atoms with Crippen molar-refractivity contribution in [1.29, 1.82) is 0 Å². The van der Waals surface area contributed by atoms with Crippen LogP contribution in [-0.4, -0.2) is 20.9 Å². The van der Waals surface area contributed by atoms with Gasteiger partial charge >= 0.3 is 0 Å². The van der Waals surface area contributed by atoms with Gasteiger partial charge in [0.15, 0.2) is 6.61 Å². The van der Waals surface area contributed by atoms with Gasteiger partial charge in [0.05, 0.1) is 9.92 Å². The van der Waals surface area contributed by atoms with E-state index in [2.05, 4.69) is 10.0 Å². The molecule has 6 nitrogen and oxygen atoms in total. The van der Waals surface area contributed by atoms with E-state index in [1.165, 1.54) is 30.3 Å². The first-order valence-electron chi connectivity index (χ1n) is 8.91. The second kappa shape index (κ2) is 9.55. The van der Waals surface area contributed by atoms with Gasteiger partial charge in [-0.05, 0) is 67.1 Å². The number of carbonyl (C=O) groups excluding carboxylic acids is 1. The second-order valence-corrected chi connectivity index (χ2v) is 9.00. The Morgan fingerprint density at radius 1 is 0.968 bits per heavy atom. The number of nitrogens with one attached hydrogen (secondary N) is 2. The molecule has 0 saturated carbocycles.